The summed E-state index contributed by atoms with van der Waals surface area (Å²) in [7, 11) is 1.60. The number of carbonyl (C=O) groups is 1. The maximum Gasteiger partial charge on any atom is 0.287 e. The number of methoxy groups -OCH3 is 1. The van der Waals surface area contributed by atoms with Crippen LogP contribution in [0.4, 0.5) is 0 Å². The van der Waals surface area contributed by atoms with Crippen LogP contribution in [0.2, 0.25) is 0 Å². The van der Waals surface area contributed by atoms with E-state index in [1.54, 1.807) is 19.2 Å². The molecule has 1 aromatic carbocycles. The van der Waals surface area contributed by atoms with Crippen LogP contribution in [-0.2, 0) is 6.54 Å². The van der Waals surface area contributed by atoms with Crippen molar-refractivity contribution < 1.29 is 13.9 Å². The van der Waals surface area contributed by atoms with Crippen molar-refractivity contribution in [3.63, 3.8) is 0 Å². The van der Waals surface area contributed by atoms with E-state index < -0.39 is 0 Å². The number of rotatable bonds is 6. The predicted molar refractivity (Wildman–Crippen MR) is 99.2 cm³/mol. The topological polar surface area (TPSA) is 86.4 Å². The van der Waals surface area contributed by atoms with Gasteiger partial charge in [-0.05, 0) is 52.3 Å². The molecule has 3 aromatic rings. The molecule has 0 radical (unpaired) electrons. The van der Waals surface area contributed by atoms with Gasteiger partial charge in [-0.2, -0.15) is 0 Å². The second-order valence-corrected chi connectivity index (χ2v) is 6.18. The number of carbonyl (C=O) groups excluding carboxylic acids is 1. The molecule has 0 aliphatic rings. The molecule has 0 atom stereocenters. The molecule has 2 heterocycles. The third-order valence-electron chi connectivity index (χ3n) is 3.70. The van der Waals surface area contributed by atoms with Crippen molar-refractivity contribution in [3.8, 4) is 17.0 Å². The summed E-state index contributed by atoms with van der Waals surface area (Å²) >= 11 is 3.14. The van der Waals surface area contributed by atoms with Gasteiger partial charge in [-0.15, -0.1) is 0 Å². The van der Waals surface area contributed by atoms with Crippen molar-refractivity contribution in [3.05, 3.63) is 69.6 Å². The van der Waals surface area contributed by atoms with Crippen LogP contribution in [0.15, 0.2) is 62.7 Å². The highest BCUT2D eigenvalue weighted by Gasteiger charge is 2.10. The quantitative estimate of drug-likeness (QED) is 0.666. The fraction of sp³-hybridized carbons (Fsp3) is 0.167. The molecule has 0 bridgehead atoms. The van der Waals surface area contributed by atoms with Crippen molar-refractivity contribution in [2.45, 2.75) is 6.54 Å². The molecule has 0 spiro atoms. The maximum atomic E-state index is 12.2. The lowest BCUT2D eigenvalue weighted by Crippen LogP contribution is -2.30. The summed E-state index contributed by atoms with van der Waals surface area (Å²) in [6.45, 7) is 0.586. The van der Waals surface area contributed by atoms with E-state index in [1.165, 1.54) is 17.0 Å². The molecule has 26 heavy (non-hydrogen) atoms. The number of amides is 1. The average molecular weight is 418 g/mol. The average Bonchev–Trinajstić information content (AvgIpc) is 3.09. The van der Waals surface area contributed by atoms with Gasteiger partial charge in [0.05, 0.1) is 19.1 Å². The minimum absolute atomic E-state index is 0.194. The minimum Gasteiger partial charge on any atom is -0.497 e. The molecule has 3 rings (SSSR count). The van der Waals surface area contributed by atoms with Gasteiger partial charge < -0.3 is 14.5 Å². The second kappa shape index (κ2) is 8.01. The van der Waals surface area contributed by atoms with E-state index in [2.05, 4.69) is 26.2 Å². The van der Waals surface area contributed by atoms with Gasteiger partial charge in [-0.3, -0.25) is 14.2 Å². The first-order chi connectivity index (χ1) is 12.6. The summed E-state index contributed by atoms with van der Waals surface area (Å²) in [6.07, 6.45) is 1.47. The van der Waals surface area contributed by atoms with Crippen LogP contribution in [-0.4, -0.2) is 29.1 Å². The van der Waals surface area contributed by atoms with Gasteiger partial charge in [0.2, 0.25) is 0 Å². The Morgan fingerprint density at radius 1 is 1.27 bits per heavy atom. The Hall–Kier alpha value is -2.87. The molecule has 1 amide bonds. The molecular formula is C18H16BrN3O4. The standard InChI is InChI=1S/C18H16BrN3O4/c1-25-13-4-2-12(3-5-13)14-10-17(23)22(11-21-14)9-8-20-18(24)15-6-7-16(19)26-15/h2-7,10-11H,8-9H2,1H3,(H,20,24). The van der Waals surface area contributed by atoms with E-state index in [0.717, 1.165) is 11.3 Å². The monoisotopic (exact) mass is 417 g/mol. The first-order valence-electron chi connectivity index (χ1n) is 7.81. The van der Waals surface area contributed by atoms with Crippen LogP contribution in [0.5, 0.6) is 5.75 Å². The molecule has 0 fully saturated rings. The number of hydrogen-bond acceptors (Lipinski definition) is 5. The van der Waals surface area contributed by atoms with E-state index in [1.807, 2.05) is 24.3 Å². The lowest BCUT2D eigenvalue weighted by atomic mass is 10.1. The predicted octanol–water partition coefficient (Wildman–Crippen LogP) is 2.70. The zero-order valence-corrected chi connectivity index (χ0v) is 15.5. The Kier molecular flexibility index (Phi) is 5.52. The third-order valence-corrected chi connectivity index (χ3v) is 4.13. The smallest absolute Gasteiger partial charge is 0.287 e. The molecule has 0 aliphatic heterocycles. The van der Waals surface area contributed by atoms with Gasteiger partial charge in [0.15, 0.2) is 10.4 Å². The zero-order chi connectivity index (χ0) is 18.5. The summed E-state index contributed by atoms with van der Waals surface area (Å²) in [5.41, 5.74) is 1.21. The van der Waals surface area contributed by atoms with Crippen LogP contribution in [0.1, 0.15) is 10.6 Å². The van der Waals surface area contributed by atoms with Crippen LogP contribution in [0.3, 0.4) is 0 Å². The number of hydrogen-bond donors (Lipinski definition) is 1. The van der Waals surface area contributed by atoms with Gasteiger partial charge in [-0.25, -0.2) is 4.98 Å². The maximum absolute atomic E-state index is 12.2. The van der Waals surface area contributed by atoms with Crippen molar-refractivity contribution in [2.75, 3.05) is 13.7 Å². The van der Waals surface area contributed by atoms with Crippen molar-refractivity contribution in [2.24, 2.45) is 0 Å². The molecule has 0 aliphatic carbocycles. The number of nitrogens with zero attached hydrogens (tertiary/aromatic N) is 2. The Morgan fingerprint density at radius 3 is 2.65 bits per heavy atom. The fourth-order valence-corrected chi connectivity index (χ4v) is 2.63. The normalized spacial score (nSPS) is 10.5. The SMILES string of the molecule is COc1ccc(-c2cc(=O)n(CCNC(=O)c3ccc(Br)o3)cn2)cc1. The molecule has 0 saturated heterocycles. The van der Waals surface area contributed by atoms with Crippen LogP contribution < -0.4 is 15.6 Å². The van der Waals surface area contributed by atoms with E-state index in [0.29, 0.717) is 16.9 Å². The van der Waals surface area contributed by atoms with E-state index in [-0.39, 0.29) is 23.8 Å². The highest BCUT2D eigenvalue weighted by atomic mass is 79.9. The summed E-state index contributed by atoms with van der Waals surface area (Å²) in [5, 5.41) is 2.69. The summed E-state index contributed by atoms with van der Waals surface area (Å²) < 4.78 is 12.2. The number of ether oxygens (including phenoxy) is 1. The molecule has 2 aromatic heterocycles. The Balaban J connectivity index is 1.62. The Morgan fingerprint density at radius 2 is 2.04 bits per heavy atom. The minimum atomic E-state index is -0.341. The van der Waals surface area contributed by atoms with E-state index in [4.69, 9.17) is 9.15 Å². The number of furan rings is 1. The van der Waals surface area contributed by atoms with Gasteiger partial charge >= 0.3 is 0 Å². The van der Waals surface area contributed by atoms with E-state index in [9.17, 15) is 9.59 Å². The summed E-state index contributed by atoms with van der Waals surface area (Å²) in [5.74, 6) is 0.602. The highest BCUT2D eigenvalue weighted by molar-refractivity contribution is 9.10. The van der Waals surface area contributed by atoms with Gasteiger partial charge in [0.25, 0.3) is 11.5 Å². The lowest BCUT2D eigenvalue weighted by molar-refractivity contribution is 0.0923. The molecule has 8 heteroatoms. The third kappa shape index (κ3) is 4.20. The molecular weight excluding hydrogens is 402 g/mol. The summed E-state index contributed by atoms with van der Waals surface area (Å²) in [6, 6.07) is 12.0. The molecule has 0 unspecified atom stereocenters. The number of aromatic nitrogens is 2. The van der Waals surface area contributed by atoms with Crippen molar-refractivity contribution >= 4 is 21.8 Å². The van der Waals surface area contributed by atoms with E-state index >= 15 is 0 Å². The van der Waals surface area contributed by atoms with Crippen LogP contribution in [0.25, 0.3) is 11.3 Å². The molecule has 134 valence electrons. The van der Waals surface area contributed by atoms with Crippen LogP contribution >= 0.6 is 15.9 Å². The van der Waals surface area contributed by atoms with Gasteiger partial charge in [0.1, 0.15) is 5.75 Å². The Labute approximate surface area is 157 Å². The zero-order valence-electron chi connectivity index (χ0n) is 13.9. The van der Waals surface area contributed by atoms with Gasteiger partial charge in [-0.1, -0.05) is 0 Å². The second-order valence-electron chi connectivity index (χ2n) is 5.39. The Bertz CT molecular complexity index is 963. The fourth-order valence-electron chi connectivity index (χ4n) is 2.33. The summed E-state index contributed by atoms with van der Waals surface area (Å²) in [4.78, 5) is 28.4. The first-order valence-corrected chi connectivity index (χ1v) is 8.60. The first kappa shape index (κ1) is 17.9. The van der Waals surface area contributed by atoms with Crippen molar-refractivity contribution in [1.82, 2.24) is 14.9 Å². The largest absolute Gasteiger partial charge is 0.497 e. The molecule has 1 N–H and O–H groups in total. The number of halogens is 1. The number of benzene rings is 1. The molecule has 7 nitrogen and oxygen atoms in total. The molecule has 0 saturated carbocycles. The highest BCUT2D eigenvalue weighted by Crippen LogP contribution is 2.19. The lowest BCUT2D eigenvalue weighted by Gasteiger charge is -2.08. The van der Waals surface area contributed by atoms with Gasteiger partial charge in [0, 0.05) is 24.7 Å². The number of nitrogens with one attached hydrogen (secondary N) is 1. The van der Waals surface area contributed by atoms with Crippen molar-refractivity contribution in [1.29, 1.82) is 0 Å². The van der Waals surface area contributed by atoms with Crippen LogP contribution in [0, 0.1) is 0 Å².